The number of carbonyl (C=O) groups is 1. The van der Waals surface area contributed by atoms with E-state index in [1.807, 2.05) is 36.4 Å². The second kappa shape index (κ2) is 8.88. The Morgan fingerprint density at radius 3 is 2.64 bits per heavy atom. The highest BCUT2D eigenvalue weighted by Gasteiger charge is 2.16. The molecule has 1 aliphatic rings. The van der Waals surface area contributed by atoms with Crippen molar-refractivity contribution in [2.45, 2.75) is 19.3 Å². The molecule has 1 saturated heterocycles. The molecule has 1 fully saturated rings. The Balaban J connectivity index is 1.58. The summed E-state index contributed by atoms with van der Waals surface area (Å²) in [4.78, 5) is 14.5. The molecule has 0 aliphatic carbocycles. The van der Waals surface area contributed by atoms with E-state index in [0.717, 1.165) is 37.3 Å². The molecule has 1 heterocycles. The van der Waals surface area contributed by atoms with Gasteiger partial charge in [-0.1, -0.05) is 41.9 Å². The molecule has 0 spiro atoms. The van der Waals surface area contributed by atoms with Crippen LogP contribution in [0.25, 0.3) is 0 Å². The molecule has 25 heavy (non-hydrogen) atoms. The second-order valence-electron chi connectivity index (χ2n) is 6.15. The Labute approximate surface area is 153 Å². The van der Waals surface area contributed by atoms with E-state index in [0.29, 0.717) is 24.7 Å². The Bertz CT molecular complexity index is 700. The number of ether oxygens (including phenoxy) is 1. The van der Waals surface area contributed by atoms with Crippen LogP contribution in [0.15, 0.2) is 48.5 Å². The van der Waals surface area contributed by atoms with Crippen molar-refractivity contribution in [1.29, 1.82) is 0 Å². The fourth-order valence-corrected chi connectivity index (χ4v) is 3.15. The fourth-order valence-electron chi connectivity index (χ4n) is 2.99. The molecular weight excluding hydrogens is 336 g/mol. The Hall–Kier alpha value is -2.04. The van der Waals surface area contributed by atoms with E-state index in [1.165, 1.54) is 5.56 Å². The highest BCUT2D eigenvalue weighted by Crippen LogP contribution is 2.30. The quantitative estimate of drug-likeness (QED) is 0.843. The van der Waals surface area contributed by atoms with Crippen LogP contribution < -0.4 is 10.2 Å². The van der Waals surface area contributed by atoms with Crippen LogP contribution >= 0.6 is 11.6 Å². The number of anilines is 2. The minimum Gasteiger partial charge on any atom is -0.378 e. The average molecular weight is 359 g/mol. The van der Waals surface area contributed by atoms with Crippen LogP contribution in [-0.4, -0.2) is 32.2 Å². The zero-order valence-electron chi connectivity index (χ0n) is 14.2. The van der Waals surface area contributed by atoms with Gasteiger partial charge in [-0.25, -0.2) is 0 Å². The summed E-state index contributed by atoms with van der Waals surface area (Å²) in [6.07, 6.45) is 2.24. The molecule has 4 nitrogen and oxygen atoms in total. The van der Waals surface area contributed by atoms with Crippen LogP contribution in [0, 0.1) is 0 Å². The van der Waals surface area contributed by atoms with Crippen LogP contribution in [-0.2, 0) is 16.0 Å². The summed E-state index contributed by atoms with van der Waals surface area (Å²) in [5, 5.41) is 3.71. The maximum Gasteiger partial charge on any atom is 0.224 e. The molecule has 0 atom stereocenters. The lowest BCUT2D eigenvalue weighted by Gasteiger charge is -2.30. The molecule has 0 unspecified atom stereocenters. The highest BCUT2D eigenvalue weighted by molar-refractivity contribution is 6.31. The van der Waals surface area contributed by atoms with Gasteiger partial charge < -0.3 is 15.0 Å². The second-order valence-corrected chi connectivity index (χ2v) is 6.58. The number of carbonyl (C=O) groups excluding carboxylic acids is 1. The van der Waals surface area contributed by atoms with E-state index in [1.54, 1.807) is 0 Å². The predicted octanol–water partition coefficient (Wildman–Crippen LogP) is 4.14. The molecule has 0 aromatic heterocycles. The van der Waals surface area contributed by atoms with Gasteiger partial charge in [0.1, 0.15) is 0 Å². The summed E-state index contributed by atoms with van der Waals surface area (Å²) in [5.74, 6) is 0.0350. The number of halogens is 1. The van der Waals surface area contributed by atoms with E-state index >= 15 is 0 Å². The van der Waals surface area contributed by atoms with Crippen LogP contribution in [0.1, 0.15) is 18.4 Å². The third kappa shape index (κ3) is 5.21. The van der Waals surface area contributed by atoms with Gasteiger partial charge in [0, 0.05) is 24.5 Å². The first-order chi connectivity index (χ1) is 12.2. The van der Waals surface area contributed by atoms with Crippen molar-refractivity contribution in [2.75, 3.05) is 36.5 Å². The van der Waals surface area contributed by atoms with Gasteiger partial charge in [-0.15, -0.1) is 0 Å². The Kier molecular flexibility index (Phi) is 6.31. The molecule has 2 aromatic carbocycles. The van der Waals surface area contributed by atoms with Gasteiger partial charge in [-0.05, 0) is 36.6 Å². The van der Waals surface area contributed by atoms with Crippen molar-refractivity contribution in [1.82, 2.24) is 0 Å². The molecule has 0 radical (unpaired) electrons. The third-order valence-electron chi connectivity index (χ3n) is 4.30. The van der Waals surface area contributed by atoms with Gasteiger partial charge in [-0.3, -0.25) is 4.79 Å². The Morgan fingerprint density at radius 2 is 1.88 bits per heavy atom. The minimum absolute atomic E-state index is 0.0350. The van der Waals surface area contributed by atoms with Gasteiger partial charge in [0.2, 0.25) is 5.91 Å². The molecule has 2 aromatic rings. The highest BCUT2D eigenvalue weighted by atomic mass is 35.5. The first-order valence-electron chi connectivity index (χ1n) is 8.68. The zero-order valence-corrected chi connectivity index (χ0v) is 15.0. The molecule has 0 saturated carbocycles. The third-order valence-corrected chi connectivity index (χ3v) is 4.53. The smallest absolute Gasteiger partial charge is 0.224 e. The van der Waals surface area contributed by atoms with E-state index in [4.69, 9.17) is 16.3 Å². The van der Waals surface area contributed by atoms with Crippen LogP contribution in [0.4, 0.5) is 11.4 Å². The summed E-state index contributed by atoms with van der Waals surface area (Å²) in [7, 11) is 0. The van der Waals surface area contributed by atoms with Gasteiger partial charge in [0.05, 0.1) is 24.6 Å². The molecular formula is C20H23ClN2O2. The maximum atomic E-state index is 12.3. The normalized spacial score (nSPS) is 14.4. The lowest BCUT2D eigenvalue weighted by Crippen LogP contribution is -2.36. The molecule has 1 N–H and O–H groups in total. The van der Waals surface area contributed by atoms with Crippen LogP contribution in [0.5, 0.6) is 0 Å². The number of benzene rings is 2. The lowest BCUT2D eigenvalue weighted by molar-refractivity contribution is -0.116. The number of amides is 1. The summed E-state index contributed by atoms with van der Waals surface area (Å²) in [6, 6.07) is 15.8. The standard InChI is InChI=1S/C20H23ClN2O2/c21-17-9-10-18(19(15-17)23-11-13-25-14-12-23)22-20(24)8-4-7-16-5-2-1-3-6-16/h1-3,5-6,9-10,15H,4,7-8,11-14H2,(H,22,24). The van der Waals surface area contributed by atoms with Gasteiger partial charge in [-0.2, -0.15) is 0 Å². The summed E-state index contributed by atoms with van der Waals surface area (Å²) >= 11 is 6.15. The van der Waals surface area contributed by atoms with E-state index in [2.05, 4.69) is 22.3 Å². The number of aryl methyl sites for hydroxylation is 1. The molecule has 1 amide bonds. The largest absolute Gasteiger partial charge is 0.378 e. The van der Waals surface area contributed by atoms with E-state index in [-0.39, 0.29) is 5.91 Å². The van der Waals surface area contributed by atoms with Crippen molar-refractivity contribution in [2.24, 2.45) is 0 Å². The first-order valence-corrected chi connectivity index (χ1v) is 9.06. The monoisotopic (exact) mass is 358 g/mol. The number of hydrogen-bond acceptors (Lipinski definition) is 3. The van der Waals surface area contributed by atoms with Crippen LogP contribution in [0.3, 0.4) is 0 Å². The van der Waals surface area contributed by atoms with Crippen LogP contribution in [0.2, 0.25) is 5.02 Å². The minimum atomic E-state index is 0.0350. The van der Waals surface area contributed by atoms with E-state index in [9.17, 15) is 4.79 Å². The molecule has 1 aliphatic heterocycles. The van der Waals surface area contributed by atoms with Crippen molar-refractivity contribution in [3.05, 3.63) is 59.1 Å². The predicted molar refractivity (Wildman–Crippen MR) is 102 cm³/mol. The zero-order chi connectivity index (χ0) is 17.5. The van der Waals surface area contributed by atoms with Gasteiger partial charge in [0.15, 0.2) is 0 Å². The lowest BCUT2D eigenvalue weighted by atomic mass is 10.1. The fraction of sp³-hybridized carbons (Fsp3) is 0.350. The van der Waals surface area contributed by atoms with Gasteiger partial charge in [0.25, 0.3) is 0 Å². The molecule has 3 rings (SSSR count). The van der Waals surface area contributed by atoms with Crippen molar-refractivity contribution < 1.29 is 9.53 Å². The van der Waals surface area contributed by atoms with Crippen molar-refractivity contribution in [3.8, 4) is 0 Å². The molecule has 132 valence electrons. The molecule has 0 bridgehead atoms. The van der Waals surface area contributed by atoms with Crippen molar-refractivity contribution in [3.63, 3.8) is 0 Å². The van der Waals surface area contributed by atoms with Crippen molar-refractivity contribution >= 4 is 28.9 Å². The Morgan fingerprint density at radius 1 is 1.12 bits per heavy atom. The first kappa shape index (κ1) is 17.8. The maximum absolute atomic E-state index is 12.3. The number of rotatable bonds is 6. The summed E-state index contributed by atoms with van der Waals surface area (Å²) in [6.45, 7) is 2.99. The SMILES string of the molecule is O=C(CCCc1ccccc1)Nc1ccc(Cl)cc1N1CCOCC1. The number of nitrogens with one attached hydrogen (secondary N) is 1. The summed E-state index contributed by atoms with van der Waals surface area (Å²) < 4.78 is 5.41. The number of nitrogens with zero attached hydrogens (tertiary/aromatic N) is 1. The number of morpholine rings is 1. The topological polar surface area (TPSA) is 41.6 Å². The average Bonchev–Trinajstić information content (AvgIpc) is 2.65. The number of hydrogen-bond donors (Lipinski definition) is 1. The van der Waals surface area contributed by atoms with Gasteiger partial charge >= 0.3 is 0 Å². The summed E-state index contributed by atoms with van der Waals surface area (Å²) in [5.41, 5.74) is 3.04. The van der Waals surface area contributed by atoms with E-state index < -0.39 is 0 Å². The molecule has 5 heteroatoms.